The number of amides is 1. The monoisotopic (exact) mass is 293 g/mol. The molecule has 2 unspecified atom stereocenters. The van der Waals surface area contributed by atoms with Gasteiger partial charge in [-0.1, -0.05) is 0 Å². The molecular formula is C15H19NO5. The lowest BCUT2D eigenvalue weighted by molar-refractivity contribution is -0.141. The topological polar surface area (TPSA) is 84.9 Å². The van der Waals surface area contributed by atoms with E-state index in [2.05, 4.69) is 5.32 Å². The van der Waals surface area contributed by atoms with Crippen LogP contribution >= 0.6 is 0 Å². The Morgan fingerprint density at radius 3 is 2.14 bits per heavy atom. The number of carboxylic acid groups (broad SMARTS) is 1. The van der Waals surface area contributed by atoms with Gasteiger partial charge in [-0.05, 0) is 19.3 Å². The van der Waals surface area contributed by atoms with Crippen molar-refractivity contribution >= 4 is 17.6 Å². The molecule has 0 saturated heterocycles. The van der Waals surface area contributed by atoms with Crippen molar-refractivity contribution in [3.8, 4) is 11.5 Å². The number of rotatable bonds is 5. The maximum Gasteiger partial charge on any atom is 0.306 e. The summed E-state index contributed by atoms with van der Waals surface area (Å²) in [6, 6.07) is 5.11. The molecule has 0 aromatic heterocycles. The number of benzene rings is 1. The van der Waals surface area contributed by atoms with E-state index in [-0.39, 0.29) is 11.8 Å². The van der Waals surface area contributed by atoms with Crippen molar-refractivity contribution in [1.29, 1.82) is 0 Å². The first kappa shape index (κ1) is 15.2. The van der Waals surface area contributed by atoms with Crippen molar-refractivity contribution in [1.82, 2.24) is 0 Å². The van der Waals surface area contributed by atoms with Crippen LogP contribution in [-0.2, 0) is 9.59 Å². The third-order valence-corrected chi connectivity index (χ3v) is 3.77. The minimum atomic E-state index is -0.826. The Kier molecular flexibility index (Phi) is 4.67. The second kappa shape index (κ2) is 6.47. The first-order valence-corrected chi connectivity index (χ1v) is 6.80. The van der Waals surface area contributed by atoms with Gasteiger partial charge in [0.1, 0.15) is 11.5 Å². The number of carbonyl (C=O) groups is 2. The maximum atomic E-state index is 12.2. The lowest BCUT2D eigenvalue weighted by Gasteiger charge is -2.13. The lowest BCUT2D eigenvalue weighted by Crippen LogP contribution is -2.21. The molecule has 0 spiro atoms. The van der Waals surface area contributed by atoms with Crippen molar-refractivity contribution in [2.45, 2.75) is 19.3 Å². The average molecular weight is 293 g/mol. The fourth-order valence-corrected chi connectivity index (χ4v) is 2.57. The third kappa shape index (κ3) is 3.65. The molecule has 1 aliphatic carbocycles. The summed E-state index contributed by atoms with van der Waals surface area (Å²) >= 11 is 0. The van der Waals surface area contributed by atoms with Crippen LogP contribution in [0.1, 0.15) is 19.3 Å². The minimum Gasteiger partial charge on any atom is -0.497 e. The van der Waals surface area contributed by atoms with Crippen LogP contribution in [0.15, 0.2) is 18.2 Å². The lowest BCUT2D eigenvalue weighted by atomic mass is 10.0. The highest BCUT2D eigenvalue weighted by molar-refractivity contribution is 5.93. The molecule has 21 heavy (non-hydrogen) atoms. The molecule has 2 atom stereocenters. The van der Waals surface area contributed by atoms with E-state index in [0.29, 0.717) is 36.4 Å². The van der Waals surface area contributed by atoms with Gasteiger partial charge in [0.15, 0.2) is 0 Å². The fourth-order valence-electron chi connectivity index (χ4n) is 2.57. The van der Waals surface area contributed by atoms with Crippen LogP contribution in [0.25, 0.3) is 0 Å². The van der Waals surface area contributed by atoms with Gasteiger partial charge >= 0.3 is 5.97 Å². The van der Waals surface area contributed by atoms with Gasteiger partial charge in [0.05, 0.1) is 20.1 Å². The van der Waals surface area contributed by atoms with E-state index < -0.39 is 11.9 Å². The summed E-state index contributed by atoms with van der Waals surface area (Å²) in [7, 11) is 3.07. The van der Waals surface area contributed by atoms with Gasteiger partial charge in [-0.3, -0.25) is 9.59 Å². The molecule has 1 aromatic rings. The Labute approximate surface area is 123 Å². The molecule has 6 heteroatoms. The Hall–Kier alpha value is -2.24. The summed E-state index contributed by atoms with van der Waals surface area (Å²) in [5.41, 5.74) is 0.579. The summed E-state index contributed by atoms with van der Waals surface area (Å²) in [6.45, 7) is 0. The SMILES string of the molecule is COc1cc(NC(=O)C2CCC(C(=O)O)C2)cc(OC)c1. The molecule has 2 rings (SSSR count). The zero-order valence-corrected chi connectivity index (χ0v) is 12.1. The molecule has 1 aliphatic rings. The van der Waals surface area contributed by atoms with Crippen LogP contribution in [0.3, 0.4) is 0 Å². The van der Waals surface area contributed by atoms with Crippen LogP contribution in [-0.4, -0.2) is 31.2 Å². The zero-order chi connectivity index (χ0) is 15.4. The minimum absolute atomic E-state index is 0.158. The van der Waals surface area contributed by atoms with E-state index in [1.54, 1.807) is 18.2 Å². The summed E-state index contributed by atoms with van der Waals surface area (Å²) in [5.74, 6) is -0.495. The van der Waals surface area contributed by atoms with Crippen LogP contribution in [0, 0.1) is 11.8 Å². The van der Waals surface area contributed by atoms with Gasteiger partial charge in [0, 0.05) is 29.8 Å². The highest BCUT2D eigenvalue weighted by Crippen LogP contribution is 2.33. The van der Waals surface area contributed by atoms with E-state index in [1.165, 1.54) is 14.2 Å². The number of methoxy groups -OCH3 is 2. The predicted octanol–water partition coefficient (Wildman–Crippen LogP) is 2.14. The number of nitrogens with one attached hydrogen (secondary N) is 1. The Morgan fingerprint density at radius 1 is 1.10 bits per heavy atom. The van der Waals surface area contributed by atoms with Crippen LogP contribution in [0.2, 0.25) is 0 Å². The highest BCUT2D eigenvalue weighted by Gasteiger charge is 2.33. The number of carbonyl (C=O) groups excluding carboxylic acids is 1. The number of carboxylic acids is 1. The Morgan fingerprint density at radius 2 is 1.67 bits per heavy atom. The van der Waals surface area contributed by atoms with Crippen molar-refractivity contribution in [3.63, 3.8) is 0 Å². The molecule has 1 saturated carbocycles. The molecule has 1 aromatic carbocycles. The molecule has 114 valence electrons. The first-order valence-electron chi connectivity index (χ1n) is 6.80. The molecule has 1 fully saturated rings. The summed E-state index contributed by atoms with van der Waals surface area (Å²) in [4.78, 5) is 23.1. The summed E-state index contributed by atoms with van der Waals surface area (Å²) in [5, 5.41) is 11.8. The smallest absolute Gasteiger partial charge is 0.306 e. The molecule has 2 N–H and O–H groups in total. The van der Waals surface area contributed by atoms with Gasteiger partial charge in [0.2, 0.25) is 5.91 Å². The predicted molar refractivity (Wildman–Crippen MR) is 76.6 cm³/mol. The average Bonchev–Trinajstić information content (AvgIpc) is 2.97. The van der Waals surface area contributed by atoms with E-state index in [9.17, 15) is 9.59 Å². The third-order valence-electron chi connectivity index (χ3n) is 3.77. The van der Waals surface area contributed by atoms with Crippen molar-refractivity contribution < 1.29 is 24.2 Å². The van der Waals surface area contributed by atoms with E-state index in [0.717, 1.165) is 0 Å². The largest absolute Gasteiger partial charge is 0.497 e. The Balaban J connectivity index is 2.04. The molecule has 0 aliphatic heterocycles. The van der Waals surface area contributed by atoms with Crippen LogP contribution < -0.4 is 14.8 Å². The summed E-state index contributed by atoms with van der Waals surface area (Å²) < 4.78 is 10.3. The molecule has 0 heterocycles. The fraction of sp³-hybridized carbons (Fsp3) is 0.467. The van der Waals surface area contributed by atoms with Gasteiger partial charge in [-0.25, -0.2) is 0 Å². The number of anilines is 1. The summed E-state index contributed by atoms with van der Waals surface area (Å²) in [6.07, 6.45) is 1.54. The van der Waals surface area contributed by atoms with Crippen molar-refractivity contribution in [3.05, 3.63) is 18.2 Å². The normalized spacial score (nSPS) is 20.9. The first-order chi connectivity index (χ1) is 10.0. The van der Waals surface area contributed by atoms with Crippen molar-refractivity contribution in [2.75, 3.05) is 19.5 Å². The molecule has 6 nitrogen and oxygen atoms in total. The number of hydrogen-bond donors (Lipinski definition) is 2. The van der Waals surface area contributed by atoms with E-state index in [1.807, 2.05) is 0 Å². The highest BCUT2D eigenvalue weighted by atomic mass is 16.5. The van der Waals surface area contributed by atoms with Crippen LogP contribution in [0.5, 0.6) is 11.5 Å². The number of hydrogen-bond acceptors (Lipinski definition) is 4. The number of aliphatic carboxylic acids is 1. The van der Waals surface area contributed by atoms with E-state index in [4.69, 9.17) is 14.6 Å². The van der Waals surface area contributed by atoms with Gasteiger partial charge in [-0.2, -0.15) is 0 Å². The second-order valence-electron chi connectivity index (χ2n) is 5.14. The molecule has 0 radical (unpaired) electrons. The second-order valence-corrected chi connectivity index (χ2v) is 5.14. The van der Waals surface area contributed by atoms with E-state index >= 15 is 0 Å². The van der Waals surface area contributed by atoms with Gasteiger partial charge in [0.25, 0.3) is 0 Å². The van der Waals surface area contributed by atoms with Crippen molar-refractivity contribution in [2.24, 2.45) is 11.8 Å². The quantitative estimate of drug-likeness (QED) is 0.869. The maximum absolute atomic E-state index is 12.2. The standard InChI is InChI=1S/C15H19NO5/c1-20-12-6-11(7-13(8-12)21-2)16-14(17)9-3-4-10(5-9)15(18)19/h6-10H,3-5H2,1-2H3,(H,16,17)(H,18,19). The Bertz CT molecular complexity index is 521. The number of ether oxygens (including phenoxy) is 2. The van der Waals surface area contributed by atoms with Gasteiger partial charge < -0.3 is 19.9 Å². The molecule has 1 amide bonds. The zero-order valence-electron chi connectivity index (χ0n) is 12.1. The van der Waals surface area contributed by atoms with Gasteiger partial charge in [-0.15, -0.1) is 0 Å². The molecular weight excluding hydrogens is 274 g/mol. The van der Waals surface area contributed by atoms with Crippen LogP contribution in [0.4, 0.5) is 5.69 Å². The molecule has 0 bridgehead atoms.